The van der Waals surface area contributed by atoms with Crippen LogP contribution in [0.25, 0.3) is 0 Å². The van der Waals surface area contributed by atoms with E-state index in [-0.39, 0.29) is 17.0 Å². The van der Waals surface area contributed by atoms with E-state index in [1.54, 1.807) is 18.5 Å². The summed E-state index contributed by atoms with van der Waals surface area (Å²) < 4.78 is 41.5. The molecule has 1 aromatic heterocycles. The predicted octanol–water partition coefficient (Wildman–Crippen LogP) is 2.87. The Hall–Kier alpha value is -3.30. The van der Waals surface area contributed by atoms with E-state index in [2.05, 4.69) is 9.71 Å². The molecule has 1 heterocycles. The summed E-state index contributed by atoms with van der Waals surface area (Å²) in [7, 11) is -3.79. The molecule has 1 amide bonds. The maximum absolute atomic E-state index is 14.4. The molecule has 0 aliphatic carbocycles. The summed E-state index contributed by atoms with van der Waals surface area (Å²) in [5.74, 6) is -1.57. The molecule has 150 valence electrons. The molecule has 0 unspecified atom stereocenters. The summed E-state index contributed by atoms with van der Waals surface area (Å²) in [5.41, 5.74) is 3.51. The van der Waals surface area contributed by atoms with E-state index in [0.29, 0.717) is 17.5 Å². The summed E-state index contributed by atoms with van der Waals surface area (Å²) in [5, 5.41) is 8.59. The van der Waals surface area contributed by atoms with Crippen LogP contribution < -0.4 is 10.2 Å². The average molecular weight is 415 g/mol. The topological polar surface area (TPSA) is 108 Å². The number of nitrogens with zero attached hydrogens (tertiary/aromatic N) is 1. The third-order valence-electron chi connectivity index (χ3n) is 4.12. The zero-order chi connectivity index (χ0) is 20.9. The predicted molar refractivity (Wildman–Crippen MR) is 105 cm³/mol. The van der Waals surface area contributed by atoms with Crippen molar-refractivity contribution in [2.45, 2.75) is 12.2 Å². The van der Waals surface area contributed by atoms with Crippen LogP contribution in [-0.4, -0.2) is 24.5 Å². The number of halogens is 1. The number of carbonyl (C=O) groups excluding carboxylic acids is 1. The fourth-order valence-electron chi connectivity index (χ4n) is 2.73. The van der Waals surface area contributed by atoms with Crippen LogP contribution >= 0.6 is 0 Å². The highest BCUT2D eigenvalue weighted by atomic mass is 32.2. The van der Waals surface area contributed by atoms with Crippen molar-refractivity contribution in [3.05, 3.63) is 95.1 Å². The molecule has 3 aromatic rings. The normalized spacial score (nSPS) is 11.1. The SMILES string of the molecule is O=C(NO)c1ccc(CS(=O)(=O)Nc2ccc(Cc3cccnc3)c(F)c2)cc1. The van der Waals surface area contributed by atoms with E-state index in [1.165, 1.54) is 41.9 Å². The lowest BCUT2D eigenvalue weighted by Crippen LogP contribution is -2.19. The second-order valence-electron chi connectivity index (χ2n) is 6.34. The lowest BCUT2D eigenvalue weighted by Gasteiger charge is -2.10. The van der Waals surface area contributed by atoms with E-state index in [0.717, 1.165) is 11.6 Å². The maximum atomic E-state index is 14.4. The van der Waals surface area contributed by atoms with Crippen LogP contribution in [0.3, 0.4) is 0 Å². The van der Waals surface area contributed by atoms with E-state index < -0.39 is 21.7 Å². The summed E-state index contributed by atoms with van der Waals surface area (Å²) in [6.45, 7) is 0. The van der Waals surface area contributed by atoms with Gasteiger partial charge in [0, 0.05) is 24.4 Å². The monoisotopic (exact) mass is 415 g/mol. The van der Waals surface area contributed by atoms with Crippen LogP contribution in [0.15, 0.2) is 67.0 Å². The third-order valence-corrected chi connectivity index (χ3v) is 5.38. The van der Waals surface area contributed by atoms with E-state index in [9.17, 15) is 17.6 Å². The van der Waals surface area contributed by atoms with Gasteiger partial charge in [-0.3, -0.25) is 19.7 Å². The first kappa shape index (κ1) is 20.4. The highest BCUT2D eigenvalue weighted by Gasteiger charge is 2.14. The highest BCUT2D eigenvalue weighted by Crippen LogP contribution is 2.19. The van der Waals surface area contributed by atoms with Crippen molar-refractivity contribution in [3.8, 4) is 0 Å². The molecule has 29 heavy (non-hydrogen) atoms. The number of hydrogen-bond donors (Lipinski definition) is 3. The lowest BCUT2D eigenvalue weighted by molar-refractivity contribution is 0.0706. The molecule has 0 atom stereocenters. The zero-order valence-corrected chi connectivity index (χ0v) is 16.0. The Kier molecular flexibility index (Phi) is 6.20. The van der Waals surface area contributed by atoms with Crippen molar-refractivity contribution >= 4 is 21.6 Å². The Bertz CT molecular complexity index is 1100. The Morgan fingerprint density at radius 3 is 2.45 bits per heavy atom. The molecule has 9 heteroatoms. The fourth-order valence-corrected chi connectivity index (χ4v) is 3.92. The van der Waals surface area contributed by atoms with Crippen LogP contribution in [-0.2, 0) is 22.2 Å². The van der Waals surface area contributed by atoms with Crippen LogP contribution in [0.5, 0.6) is 0 Å². The van der Waals surface area contributed by atoms with Crippen molar-refractivity contribution in [3.63, 3.8) is 0 Å². The Labute approximate surface area is 167 Å². The second-order valence-corrected chi connectivity index (χ2v) is 8.07. The van der Waals surface area contributed by atoms with Crippen molar-refractivity contribution in [2.75, 3.05) is 4.72 Å². The van der Waals surface area contributed by atoms with Gasteiger partial charge in [-0.1, -0.05) is 24.3 Å². The molecule has 0 saturated heterocycles. The van der Waals surface area contributed by atoms with Crippen molar-refractivity contribution in [1.82, 2.24) is 10.5 Å². The van der Waals surface area contributed by atoms with E-state index >= 15 is 0 Å². The largest absolute Gasteiger partial charge is 0.288 e. The standard InChI is InChI=1S/C20H18FN3O4S/c21-19-11-18(8-7-17(19)10-15-2-1-9-22-12-15)24-29(27,28)13-14-3-5-16(6-4-14)20(25)23-26/h1-9,11-12,24,26H,10,13H2,(H,23,25). The number of hydroxylamine groups is 1. The minimum atomic E-state index is -3.79. The van der Waals surface area contributed by atoms with Crippen LogP contribution in [0.2, 0.25) is 0 Å². The van der Waals surface area contributed by atoms with Gasteiger partial charge in [0.1, 0.15) is 5.82 Å². The molecule has 0 saturated carbocycles. The van der Waals surface area contributed by atoms with Gasteiger partial charge in [0.2, 0.25) is 10.0 Å². The summed E-state index contributed by atoms with van der Waals surface area (Å²) in [4.78, 5) is 15.3. The van der Waals surface area contributed by atoms with Gasteiger partial charge >= 0.3 is 0 Å². The first-order chi connectivity index (χ1) is 13.9. The summed E-state index contributed by atoms with van der Waals surface area (Å²) in [6.07, 6.45) is 3.62. The van der Waals surface area contributed by atoms with Gasteiger partial charge in [-0.05, 0) is 47.0 Å². The zero-order valence-electron chi connectivity index (χ0n) is 15.2. The first-order valence-electron chi connectivity index (χ1n) is 8.57. The third kappa shape index (κ3) is 5.59. The minimum Gasteiger partial charge on any atom is -0.288 e. The maximum Gasteiger partial charge on any atom is 0.274 e. The van der Waals surface area contributed by atoms with E-state index in [1.807, 2.05) is 6.07 Å². The molecule has 2 aromatic carbocycles. The molecule has 0 aliphatic heterocycles. The number of pyridine rings is 1. The molecular weight excluding hydrogens is 397 g/mol. The van der Waals surface area contributed by atoms with Crippen LogP contribution in [0, 0.1) is 5.82 Å². The van der Waals surface area contributed by atoms with Gasteiger partial charge in [0.25, 0.3) is 5.91 Å². The van der Waals surface area contributed by atoms with Gasteiger partial charge in [0.15, 0.2) is 0 Å². The Balaban J connectivity index is 1.68. The molecular formula is C20H18FN3O4S. The molecule has 0 spiro atoms. The number of rotatable bonds is 7. The number of nitrogens with one attached hydrogen (secondary N) is 2. The number of amides is 1. The first-order valence-corrected chi connectivity index (χ1v) is 10.2. The molecule has 0 bridgehead atoms. The molecule has 0 fully saturated rings. The number of hydrogen-bond acceptors (Lipinski definition) is 5. The van der Waals surface area contributed by atoms with Crippen molar-refractivity contribution in [2.24, 2.45) is 0 Å². The Morgan fingerprint density at radius 2 is 1.83 bits per heavy atom. The summed E-state index contributed by atoms with van der Waals surface area (Å²) >= 11 is 0. The number of sulfonamides is 1. The van der Waals surface area contributed by atoms with Gasteiger partial charge < -0.3 is 0 Å². The number of carbonyl (C=O) groups is 1. The van der Waals surface area contributed by atoms with Gasteiger partial charge in [-0.15, -0.1) is 0 Å². The minimum absolute atomic E-state index is 0.119. The van der Waals surface area contributed by atoms with Gasteiger partial charge in [-0.2, -0.15) is 0 Å². The quantitative estimate of drug-likeness (QED) is 0.406. The average Bonchev–Trinajstić information content (AvgIpc) is 2.70. The molecule has 0 aliphatic rings. The lowest BCUT2D eigenvalue weighted by atomic mass is 10.1. The number of aromatic nitrogens is 1. The van der Waals surface area contributed by atoms with Gasteiger partial charge in [-0.25, -0.2) is 18.3 Å². The Morgan fingerprint density at radius 1 is 1.07 bits per heavy atom. The smallest absolute Gasteiger partial charge is 0.274 e. The highest BCUT2D eigenvalue weighted by molar-refractivity contribution is 7.91. The van der Waals surface area contributed by atoms with Gasteiger partial charge in [0.05, 0.1) is 11.4 Å². The summed E-state index contributed by atoms with van der Waals surface area (Å²) in [6, 6.07) is 13.5. The molecule has 7 nitrogen and oxygen atoms in total. The van der Waals surface area contributed by atoms with Crippen molar-refractivity contribution in [1.29, 1.82) is 0 Å². The van der Waals surface area contributed by atoms with Crippen LogP contribution in [0.1, 0.15) is 27.0 Å². The van der Waals surface area contributed by atoms with E-state index in [4.69, 9.17) is 5.21 Å². The number of benzene rings is 2. The van der Waals surface area contributed by atoms with Crippen molar-refractivity contribution < 1.29 is 22.8 Å². The molecule has 0 radical (unpaired) electrons. The second kappa shape index (κ2) is 8.80. The number of anilines is 1. The molecule has 3 rings (SSSR count). The fraction of sp³-hybridized carbons (Fsp3) is 0.100. The van der Waals surface area contributed by atoms with Crippen LogP contribution in [0.4, 0.5) is 10.1 Å². The molecule has 3 N–H and O–H groups in total.